The lowest BCUT2D eigenvalue weighted by Crippen LogP contribution is -2.18. The van der Waals surface area contributed by atoms with Gasteiger partial charge in [0.15, 0.2) is 0 Å². The third-order valence-electron chi connectivity index (χ3n) is 3.21. The zero-order valence-corrected chi connectivity index (χ0v) is 12.5. The van der Waals surface area contributed by atoms with Gasteiger partial charge in [-0.25, -0.2) is 4.98 Å². The fraction of sp³-hybridized carbons (Fsp3) is 0.188. The van der Waals surface area contributed by atoms with Crippen LogP contribution in [0, 0.1) is 0 Å². The zero-order valence-electron chi connectivity index (χ0n) is 11.7. The van der Waals surface area contributed by atoms with E-state index < -0.39 is 0 Å². The van der Waals surface area contributed by atoms with Crippen LogP contribution in [0.2, 0.25) is 0 Å². The van der Waals surface area contributed by atoms with E-state index in [1.54, 1.807) is 23.7 Å². The molecule has 0 saturated heterocycles. The third kappa shape index (κ3) is 3.51. The van der Waals surface area contributed by atoms with E-state index in [4.69, 9.17) is 0 Å². The van der Waals surface area contributed by atoms with Crippen molar-refractivity contribution in [2.45, 2.75) is 19.5 Å². The van der Waals surface area contributed by atoms with Crippen LogP contribution in [0.5, 0.6) is 0 Å². The van der Waals surface area contributed by atoms with Gasteiger partial charge in [-0.05, 0) is 30.7 Å². The first-order valence-corrected chi connectivity index (χ1v) is 7.70. The van der Waals surface area contributed by atoms with Crippen LogP contribution in [0.15, 0.2) is 54.3 Å². The molecule has 0 unspecified atom stereocenters. The quantitative estimate of drug-likeness (QED) is 0.783. The number of hydrogen-bond acceptors (Lipinski definition) is 5. The molecule has 4 nitrogen and oxygen atoms in total. The summed E-state index contributed by atoms with van der Waals surface area (Å²) in [5.74, 6) is 0. The highest BCUT2D eigenvalue weighted by Gasteiger charge is 2.08. The molecule has 1 N–H and O–H groups in total. The van der Waals surface area contributed by atoms with Gasteiger partial charge in [0.05, 0.1) is 11.4 Å². The number of hydrogen-bond donors (Lipinski definition) is 1. The molecule has 0 aliphatic carbocycles. The lowest BCUT2D eigenvalue weighted by Gasteiger charge is -2.12. The molecular weight excluding hydrogens is 280 g/mol. The van der Waals surface area contributed by atoms with E-state index in [0.29, 0.717) is 0 Å². The molecule has 5 heteroatoms. The molecule has 3 aromatic rings. The van der Waals surface area contributed by atoms with Crippen molar-refractivity contribution in [1.82, 2.24) is 20.3 Å². The Morgan fingerprint density at radius 1 is 1.19 bits per heavy atom. The molecule has 0 amide bonds. The van der Waals surface area contributed by atoms with Crippen LogP contribution in [-0.2, 0) is 6.54 Å². The predicted octanol–water partition coefficient (Wildman–Crippen LogP) is 3.45. The number of rotatable bonds is 5. The second kappa shape index (κ2) is 6.56. The highest BCUT2D eigenvalue weighted by Crippen LogP contribution is 2.21. The summed E-state index contributed by atoms with van der Waals surface area (Å²) < 4.78 is 0. The van der Waals surface area contributed by atoms with Crippen molar-refractivity contribution in [2.75, 3.05) is 0 Å². The number of aromatic nitrogens is 3. The van der Waals surface area contributed by atoms with E-state index in [0.717, 1.165) is 22.9 Å². The van der Waals surface area contributed by atoms with Crippen LogP contribution in [-0.4, -0.2) is 15.0 Å². The maximum atomic E-state index is 4.62. The highest BCUT2D eigenvalue weighted by atomic mass is 32.1. The van der Waals surface area contributed by atoms with Crippen molar-refractivity contribution in [3.8, 4) is 10.7 Å². The second-order valence-electron chi connectivity index (χ2n) is 4.75. The van der Waals surface area contributed by atoms with Crippen molar-refractivity contribution in [2.24, 2.45) is 0 Å². The summed E-state index contributed by atoms with van der Waals surface area (Å²) in [4.78, 5) is 13.1. The first kappa shape index (κ1) is 13.9. The molecule has 1 atom stereocenters. The van der Waals surface area contributed by atoms with Crippen LogP contribution in [0.3, 0.4) is 0 Å². The molecule has 0 radical (unpaired) electrons. The van der Waals surface area contributed by atoms with Gasteiger partial charge in [0.1, 0.15) is 5.01 Å². The summed E-state index contributed by atoms with van der Waals surface area (Å²) in [6.07, 6.45) is 5.47. The molecule has 3 heterocycles. The highest BCUT2D eigenvalue weighted by molar-refractivity contribution is 7.13. The van der Waals surface area contributed by atoms with Crippen LogP contribution in [0.1, 0.15) is 24.2 Å². The molecule has 21 heavy (non-hydrogen) atoms. The van der Waals surface area contributed by atoms with E-state index in [1.165, 1.54) is 5.56 Å². The summed E-state index contributed by atoms with van der Waals surface area (Å²) >= 11 is 1.62. The largest absolute Gasteiger partial charge is 0.304 e. The molecule has 0 aliphatic rings. The fourth-order valence-corrected chi connectivity index (χ4v) is 2.80. The lowest BCUT2D eigenvalue weighted by molar-refractivity contribution is 0.568. The Morgan fingerprint density at radius 2 is 2.14 bits per heavy atom. The average Bonchev–Trinajstić information content (AvgIpc) is 3.03. The van der Waals surface area contributed by atoms with Crippen molar-refractivity contribution < 1.29 is 0 Å². The minimum atomic E-state index is 0.249. The predicted molar refractivity (Wildman–Crippen MR) is 84.8 cm³/mol. The molecule has 3 rings (SSSR count). The zero-order chi connectivity index (χ0) is 14.5. The smallest absolute Gasteiger partial charge is 0.142 e. The maximum absolute atomic E-state index is 4.62. The van der Waals surface area contributed by atoms with E-state index in [-0.39, 0.29) is 6.04 Å². The van der Waals surface area contributed by atoms with Gasteiger partial charge in [-0.1, -0.05) is 12.1 Å². The summed E-state index contributed by atoms with van der Waals surface area (Å²) in [7, 11) is 0. The number of pyridine rings is 2. The van der Waals surface area contributed by atoms with Gasteiger partial charge in [-0.15, -0.1) is 11.3 Å². The van der Waals surface area contributed by atoms with Crippen molar-refractivity contribution in [3.05, 3.63) is 65.6 Å². The van der Waals surface area contributed by atoms with Gasteiger partial charge < -0.3 is 5.32 Å². The average molecular weight is 296 g/mol. The Labute approximate surface area is 127 Å². The Kier molecular flexibility index (Phi) is 4.33. The first-order valence-electron chi connectivity index (χ1n) is 6.82. The second-order valence-corrected chi connectivity index (χ2v) is 5.61. The number of nitrogens with one attached hydrogen (secondary N) is 1. The van der Waals surface area contributed by atoms with Crippen LogP contribution in [0.4, 0.5) is 0 Å². The van der Waals surface area contributed by atoms with Gasteiger partial charge in [0.2, 0.25) is 0 Å². The van der Waals surface area contributed by atoms with E-state index in [1.807, 2.05) is 30.5 Å². The molecule has 3 aromatic heterocycles. The van der Waals surface area contributed by atoms with Gasteiger partial charge in [-0.2, -0.15) is 0 Å². The SMILES string of the molecule is C[C@H](NCc1csc(-c2ccccn2)n1)c1cccnc1. The summed E-state index contributed by atoms with van der Waals surface area (Å²) in [5, 5.41) is 6.50. The molecule has 0 spiro atoms. The topological polar surface area (TPSA) is 50.7 Å². The monoisotopic (exact) mass is 296 g/mol. The Morgan fingerprint density at radius 3 is 2.90 bits per heavy atom. The Hall–Kier alpha value is -2.11. The number of thiazole rings is 1. The minimum Gasteiger partial charge on any atom is -0.304 e. The molecule has 0 fully saturated rings. The maximum Gasteiger partial charge on any atom is 0.142 e. The van der Waals surface area contributed by atoms with Crippen LogP contribution in [0.25, 0.3) is 10.7 Å². The number of nitrogens with zero attached hydrogens (tertiary/aromatic N) is 3. The fourth-order valence-electron chi connectivity index (χ4n) is 2.00. The molecule has 0 aliphatic heterocycles. The third-order valence-corrected chi connectivity index (χ3v) is 4.12. The normalized spacial score (nSPS) is 12.2. The van der Waals surface area contributed by atoms with Gasteiger partial charge in [0.25, 0.3) is 0 Å². The standard InChI is InChI=1S/C16H16N4S/c1-12(13-5-4-7-17-9-13)19-10-14-11-21-16(20-14)15-6-2-3-8-18-15/h2-9,11-12,19H,10H2,1H3/t12-/m0/s1. The summed E-state index contributed by atoms with van der Waals surface area (Å²) in [6, 6.07) is 10.1. The first-order chi connectivity index (χ1) is 10.3. The summed E-state index contributed by atoms with van der Waals surface area (Å²) in [5.41, 5.74) is 3.14. The van der Waals surface area contributed by atoms with Crippen LogP contribution >= 0.6 is 11.3 Å². The molecule has 0 saturated carbocycles. The Balaban J connectivity index is 1.63. The molecular formula is C16H16N4S. The molecule has 0 bridgehead atoms. The van der Waals surface area contributed by atoms with Crippen LogP contribution < -0.4 is 5.32 Å². The molecule has 0 aromatic carbocycles. The van der Waals surface area contributed by atoms with Gasteiger partial charge in [0, 0.05) is 36.6 Å². The van der Waals surface area contributed by atoms with Crippen molar-refractivity contribution >= 4 is 11.3 Å². The van der Waals surface area contributed by atoms with Gasteiger partial charge in [-0.3, -0.25) is 9.97 Å². The lowest BCUT2D eigenvalue weighted by atomic mass is 10.1. The molecule has 106 valence electrons. The van der Waals surface area contributed by atoms with E-state index in [9.17, 15) is 0 Å². The van der Waals surface area contributed by atoms with E-state index in [2.05, 4.69) is 38.6 Å². The van der Waals surface area contributed by atoms with E-state index >= 15 is 0 Å². The Bertz CT molecular complexity index is 682. The van der Waals surface area contributed by atoms with Gasteiger partial charge >= 0.3 is 0 Å². The van der Waals surface area contributed by atoms with Crippen molar-refractivity contribution in [3.63, 3.8) is 0 Å². The summed E-state index contributed by atoms with van der Waals surface area (Å²) in [6.45, 7) is 2.86. The minimum absolute atomic E-state index is 0.249. The van der Waals surface area contributed by atoms with Crippen molar-refractivity contribution in [1.29, 1.82) is 0 Å².